The van der Waals surface area contributed by atoms with Gasteiger partial charge in [0.2, 0.25) is 10.0 Å². The second-order valence-corrected chi connectivity index (χ2v) is 8.21. The fourth-order valence-corrected chi connectivity index (χ4v) is 4.20. The Morgan fingerprint density at radius 3 is 2.62 bits per heavy atom. The summed E-state index contributed by atoms with van der Waals surface area (Å²) in [5, 5.41) is 15.5. The third kappa shape index (κ3) is 4.75. The summed E-state index contributed by atoms with van der Waals surface area (Å²) in [6.45, 7) is 2.54. The summed E-state index contributed by atoms with van der Waals surface area (Å²) in [6, 6.07) is 9.32. The molecule has 9 nitrogen and oxygen atoms in total. The van der Waals surface area contributed by atoms with E-state index in [9.17, 15) is 22.9 Å². The molecule has 2 aromatic rings. The zero-order valence-corrected chi connectivity index (χ0v) is 16.4. The predicted octanol–water partition coefficient (Wildman–Crippen LogP) is 2.59. The van der Waals surface area contributed by atoms with E-state index < -0.39 is 26.5 Å². The molecule has 0 aromatic heterocycles. The Morgan fingerprint density at radius 2 is 1.97 bits per heavy atom. The number of hydrogen-bond acceptors (Lipinski definition) is 7. The average Bonchev–Trinajstić information content (AvgIpc) is 2.72. The van der Waals surface area contributed by atoms with Gasteiger partial charge >= 0.3 is 0 Å². The van der Waals surface area contributed by atoms with Crippen molar-refractivity contribution in [2.75, 3.05) is 31.7 Å². The number of halogens is 1. The number of anilines is 1. The van der Waals surface area contributed by atoms with Gasteiger partial charge in [-0.3, -0.25) is 15.5 Å². The van der Waals surface area contributed by atoms with Crippen LogP contribution >= 0.6 is 0 Å². The van der Waals surface area contributed by atoms with Crippen molar-refractivity contribution in [3.05, 3.63) is 64.0 Å². The molecule has 0 aliphatic carbocycles. The molecule has 1 saturated heterocycles. The van der Waals surface area contributed by atoms with Crippen LogP contribution in [0.4, 0.5) is 15.8 Å². The molecule has 0 unspecified atom stereocenters. The van der Waals surface area contributed by atoms with Crippen LogP contribution in [-0.4, -0.2) is 49.7 Å². The number of nitrogens with one attached hydrogen (secondary N) is 1. The van der Waals surface area contributed by atoms with Crippen LogP contribution in [0.15, 0.2) is 52.5 Å². The zero-order valence-electron chi connectivity index (χ0n) is 15.5. The average molecular weight is 422 g/mol. The van der Waals surface area contributed by atoms with Crippen LogP contribution in [0.3, 0.4) is 0 Å². The largest absolute Gasteiger partial charge is 0.379 e. The van der Waals surface area contributed by atoms with Crippen LogP contribution in [0.1, 0.15) is 12.5 Å². The number of nitro benzene ring substituents is 1. The molecule has 0 radical (unpaired) electrons. The Hall–Kier alpha value is -2.89. The first-order chi connectivity index (χ1) is 13.8. The Labute approximate surface area is 167 Å². The summed E-state index contributed by atoms with van der Waals surface area (Å²) < 4.78 is 45.2. The van der Waals surface area contributed by atoms with Crippen LogP contribution in [0.5, 0.6) is 0 Å². The first kappa shape index (κ1) is 20.8. The fraction of sp³-hybridized carbons (Fsp3) is 0.278. The molecule has 2 aromatic carbocycles. The maximum Gasteiger partial charge on any atom is 0.295 e. The van der Waals surface area contributed by atoms with Gasteiger partial charge in [0, 0.05) is 24.7 Å². The molecule has 154 valence electrons. The monoisotopic (exact) mass is 422 g/mol. The number of sulfonamides is 1. The van der Waals surface area contributed by atoms with Crippen molar-refractivity contribution in [3.8, 4) is 0 Å². The molecule has 1 N–H and O–H groups in total. The number of morpholine rings is 1. The Balaban J connectivity index is 1.88. The van der Waals surface area contributed by atoms with Crippen molar-refractivity contribution in [2.24, 2.45) is 5.10 Å². The number of rotatable bonds is 6. The zero-order chi connectivity index (χ0) is 21.0. The van der Waals surface area contributed by atoms with Crippen LogP contribution in [0.25, 0.3) is 0 Å². The van der Waals surface area contributed by atoms with Gasteiger partial charge < -0.3 is 4.74 Å². The van der Waals surface area contributed by atoms with Gasteiger partial charge in [-0.1, -0.05) is 12.1 Å². The van der Waals surface area contributed by atoms with Crippen molar-refractivity contribution < 1.29 is 22.5 Å². The molecular formula is C18H19FN4O5S. The topological polar surface area (TPSA) is 114 Å². The smallest absolute Gasteiger partial charge is 0.295 e. The van der Waals surface area contributed by atoms with Crippen molar-refractivity contribution in [1.82, 2.24) is 4.31 Å². The van der Waals surface area contributed by atoms with Gasteiger partial charge in [0.15, 0.2) is 0 Å². The predicted molar refractivity (Wildman–Crippen MR) is 105 cm³/mol. The second kappa shape index (κ2) is 8.64. The number of hydrazone groups is 1. The van der Waals surface area contributed by atoms with Gasteiger partial charge in [-0.05, 0) is 31.2 Å². The number of ether oxygens (including phenoxy) is 1. The third-order valence-corrected chi connectivity index (χ3v) is 6.25. The summed E-state index contributed by atoms with van der Waals surface area (Å²) in [5.41, 5.74) is 3.06. The van der Waals surface area contributed by atoms with Crippen molar-refractivity contribution in [2.45, 2.75) is 11.8 Å². The molecule has 0 bridgehead atoms. The lowest BCUT2D eigenvalue weighted by molar-refractivity contribution is -0.384. The fourth-order valence-electron chi connectivity index (χ4n) is 2.78. The van der Waals surface area contributed by atoms with E-state index in [1.54, 1.807) is 13.0 Å². The molecule has 29 heavy (non-hydrogen) atoms. The minimum Gasteiger partial charge on any atom is -0.379 e. The lowest BCUT2D eigenvalue weighted by atomic mass is 10.1. The lowest BCUT2D eigenvalue weighted by Crippen LogP contribution is -2.40. The molecule has 1 aliphatic heterocycles. The molecule has 11 heteroatoms. The minimum absolute atomic E-state index is 0.0201. The highest BCUT2D eigenvalue weighted by molar-refractivity contribution is 7.89. The molecular weight excluding hydrogens is 403 g/mol. The van der Waals surface area contributed by atoms with Gasteiger partial charge in [0.1, 0.15) is 11.5 Å². The summed E-state index contributed by atoms with van der Waals surface area (Å²) >= 11 is 0. The minimum atomic E-state index is -3.87. The van der Waals surface area contributed by atoms with Gasteiger partial charge in [-0.25, -0.2) is 12.8 Å². The van der Waals surface area contributed by atoms with E-state index in [2.05, 4.69) is 10.5 Å². The number of nitrogens with zero attached hydrogens (tertiary/aromatic N) is 3. The molecule has 3 rings (SSSR count). The quantitative estimate of drug-likeness (QED) is 0.435. The molecule has 0 amide bonds. The van der Waals surface area contributed by atoms with Crippen molar-refractivity contribution >= 4 is 27.1 Å². The van der Waals surface area contributed by atoms with Gasteiger partial charge in [-0.15, -0.1) is 0 Å². The Kier molecular flexibility index (Phi) is 6.20. The molecule has 0 spiro atoms. The van der Waals surface area contributed by atoms with E-state index in [0.717, 1.165) is 6.07 Å². The highest BCUT2D eigenvalue weighted by Gasteiger charge is 2.28. The van der Waals surface area contributed by atoms with Crippen molar-refractivity contribution in [3.63, 3.8) is 0 Å². The number of benzene rings is 2. The van der Waals surface area contributed by atoms with Crippen LogP contribution in [0, 0.1) is 15.9 Å². The SMILES string of the molecule is C/C(=N\Nc1ccc(S(=O)(=O)N2CCOCC2)cc1[N+](=O)[O-])c1cccc(F)c1. The Bertz CT molecular complexity index is 1050. The van der Waals surface area contributed by atoms with Crippen molar-refractivity contribution in [1.29, 1.82) is 0 Å². The normalized spacial score (nSPS) is 15.9. The standard InChI is InChI=1S/C18H19FN4O5S/c1-13(14-3-2-4-15(19)11-14)20-21-17-6-5-16(12-18(17)23(24)25)29(26,27)22-7-9-28-10-8-22/h2-6,11-12,21H,7-10H2,1H3/b20-13+. The summed E-state index contributed by atoms with van der Waals surface area (Å²) in [5.74, 6) is -0.430. The van der Waals surface area contributed by atoms with Gasteiger partial charge in [0.25, 0.3) is 5.69 Å². The highest BCUT2D eigenvalue weighted by atomic mass is 32.2. The van der Waals surface area contributed by atoms with Crippen LogP contribution in [-0.2, 0) is 14.8 Å². The first-order valence-electron chi connectivity index (χ1n) is 8.71. The summed E-state index contributed by atoms with van der Waals surface area (Å²) in [6.07, 6.45) is 0. The Morgan fingerprint density at radius 1 is 1.24 bits per heavy atom. The maximum absolute atomic E-state index is 13.3. The summed E-state index contributed by atoms with van der Waals surface area (Å²) in [7, 11) is -3.87. The van der Waals surface area contributed by atoms with E-state index in [1.807, 2.05) is 0 Å². The molecule has 1 heterocycles. The molecule has 0 saturated carbocycles. The maximum atomic E-state index is 13.3. The van der Waals surface area contributed by atoms with E-state index >= 15 is 0 Å². The molecule has 1 aliphatic rings. The van der Waals surface area contributed by atoms with Crippen LogP contribution < -0.4 is 5.43 Å². The number of hydrogen-bond donors (Lipinski definition) is 1. The summed E-state index contributed by atoms with van der Waals surface area (Å²) in [4.78, 5) is 10.6. The highest BCUT2D eigenvalue weighted by Crippen LogP contribution is 2.29. The van der Waals surface area contributed by atoms with Crippen LogP contribution in [0.2, 0.25) is 0 Å². The van der Waals surface area contributed by atoms with Gasteiger partial charge in [0.05, 0.1) is 28.7 Å². The third-order valence-electron chi connectivity index (χ3n) is 4.36. The molecule has 0 atom stereocenters. The molecule has 1 fully saturated rings. The lowest BCUT2D eigenvalue weighted by Gasteiger charge is -2.26. The second-order valence-electron chi connectivity index (χ2n) is 6.27. The van der Waals surface area contributed by atoms with E-state index in [-0.39, 0.29) is 36.9 Å². The van der Waals surface area contributed by atoms with E-state index in [4.69, 9.17) is 4.74 Å². The van der Waals surface area contributed by atoms with E-state index in [0.29, 0.717) is 11.3 Å². The number of nitro groups is 1. The van der Waals surface area contributed by atoms with E-state index in [1.165, 1.54) is 34.6 Å². The first-order valence-corrected chi connectivity index (χ1v) is 10.2. The van der Waals surface area contributed by atoms with Gasteiger partial charge in [-0.2, -0.15) is 9.41 Å².